The summed E-state index contributed by atoms with van der Waals surface area (Å²) in [6.07, 6.45) is 3.88. The van der Waals surface area contributed by atoms with Gasteiger partial charge in [0.15, 0.2) is 69.0 Å². The van der Waals surface area contributed by atoms with E-state index in [2.05, 4.69) is 178 Å². The maximum Gasteiger partial charge on any atom is 0.161 e. The molecule has 0 saturated heterocycles. The molecule has 0 atom stereocenters. The molecule has 18 nitrogen and oxygen atoms in total. The van der Waals surface area contributed by atoms with Crippen LogP contribution >= 0.6 is 0 Å². The zero-order valence-electron chi connectivity index (χ0n) is 70.2. The first-order valence-electron chi connectivity index (χ1n) is 40.8. The molecule has 0 unspecified atom stereocenters. The minimum Gasteiger partial charge on any atom is -0.493 e. The minimum absolute atomic E-state index is 0.646. The lowest BCUT2D eigenvalue weighted by Crippen LogP contribution is -2.51. The maximum absolute atomic E-state index is 6.23. The molecular formula is C98H96N6O12. The van der Waals surface area contributed by atoms with Gasteiger partial charge in [-0.25, -0.2) is 29.9 Å². The van der Waals surface area contributed by atoms with Crippen LogP contribution < -0.4 is 56.8 Å². The Morgan fingerprint density at radius 3 is 0.388 bits per heavy atom. The van der Waals surface area contributed by atoms with Crippen LogP contribution in [-0.2, 0) is 48.7 Å². The van der Waals surface area contributed by atoms with E-state index in [9.17, 15) is 0 Å². The Bertz CT molecular complexity index is 5330. The number of hydrogen-bond donors (Lipinski definition) is 0. The highest BCUT2D eigenvalue weighted by Gasteiger charge is 2.80. The summed E-state index contributed by atoms with van der Waals surface area (Å²) in [5, 5.41) is 0. The zero-order valence-corrected chi connectivity index (χ0v) is 70.2. The van der Waals surface area contributed by atoms with Gasteiger partial charge in [-0.1, -0.05) is 69.2 Å². The molecule has 116 heavy (non-hydrogen) atoms. The minimum atomic E-state index is -0.820. The number of nitrogens with zero attached hydrogens (tertiary/aromatic N) is 6. The first kappa shape index (κ1) is 72.3. The van der Waals surface area contributed by atoms with Gasteiger partial charge in [0, 0.05) is 21.7 Å². The number of aromatic nitrogens is 6. The number of hydrogen-bond acceptors (Lipinski definition) is 18. The Morgan fingerprint density at radius 1 is 0.181 bits per heavy atom. The predicted molar refractivity (Wildman–Crippen MR) is 444 cm³/mol. The first-order chi connectivity index (χ1) is 56.0. The summed E-state index contributed by atoms with van der Waals surface area (Å²) in [7, 11) is 20.5. The van der Waals surface area contributed by atoms with E-state index in [-0.39, 0.29) is 0 Å². The SMILES string of the molecule is CCC12c3cc(OC)c(OC)cc3C(CC)(c3cc(OC)c(OC)cc31)c1nc3cc4c(cc3nc12)C1(C)c2cc3nc5c(nc3cc2C2(C)c3cc6nc7c(nc6cc3C4(C)C12C)C1(CC)c2cc(OC)c(OC)cc2C7(CC)c2cc(OC)c(OC)cc21)C1(CC)c2cc(OC)c(OC)cc2C5(CC)c2cc(OC)c(OC)cc21. The second kappa shape index (κ2) is 23.2. The van der Waals surface area contributed by atoms with E-state index in [0.29, 0.717) is 108 Å². The quantitative estimate of drug-likeness (QED) is 0.0788. The average Bonchev–Trinajstić information content (AvgIpc) is 1.42. The summed E-state index contributed by atoms with van der Waals surface area (Å²) < 4.78 is 74.7. The number of methoxy groups -OCH3 is 12. The Balaban J connectivity index is 0.879. The highest BCUT2D eigenvalue weighted by molar-refractivity contribution is 5.93. The van der Waals surface area contributed by atoms with Crippen molar-refractivity contribution in [2.24, 2.45) is 5.41 Å². The Morgan fingerprint density at radius 2 is 0.293 bits per heavy atom. The van der Waals surface area contributed by atoms with E-state index in [1.54, 1.807) is 85.3 Å². The van der Waals surface area contributed by atoms with Gasteiger partial charge in [0.2, 0.25) is 0 Å². The molecule has 0 fully saturated rings. The van der Waals surface area contributed by atoms with Crippen molar-refractivity contribution in [2.75, 3.05) is 85.3 Å². The fourth-order valence-corrected chi connectivity index (χ4v) is 26.3. The van der Waals surface area contributed by atoms with Gasteiger partial charge in [0.05, 0.1) is 185 Å². The Labute approximate surface area is 675 Å². The summed E-state index contributed by atoms with van der Waals surface area (Å²) in [4.78, 5) is 37.2. The van der Waals surface area contributed by atoms with Crippen LogP contribution in [0.1, 0.15) is 242 Å². The van der Waals surface area contributed by atoms with Gasteiger partial charge >= 0.3 is 0 Å². The molecule has 6 bridgehead atoms. The van der Waals surface area contributed by atoms with Gasteiger partial charge in [-0.3, -0.25) is 0 Å². The second-order valence-corrected chi connectivity index (χ2v) is 34.0. The zero-order chi connectivity index (χ0) is 80.9. The van der Waals surface area contributed by atoms with Crippen LogP contribution in [0.25, 0.3) is 33.1 Å². The van der Waals surface area contributed by atoms with Crippen LogP contribution in [-0.4, -0.2) is 115 Å². The van der Waals surface area contributed by atoms with Gasteiger partial charge in [0.1, 0.15) is 0 Å². The summed E-state index contributed by atoms with van der Waals surface area (Å²) in [6.45, 7) is 23.7. The van der Waals surface area contributed by atoms with Crippen molar-refractivity contribution in [3.05, 3.63) is 244 Å². The summed E-state index contributed by atoms with van der Waals surface area (Å²) in [5.41, 5.74) is 22.8. The third-order valence-electron chi connectivity index (χ3n) is 31.9. The molecule has 590 valence electrons. The Kier molecular flexibility index (Phi) is 14.5. The van der Waals surface area contributed by atoms with Gasteiger partial charge in [-0.2, -0.15) is 0 Å². The lowest BCUT2D eigenvalue weighted by Gasteiger charge is -2.55. The van der Waals surface area contributed by atoms with Crippen molar-refractivity contribution in [1.29, 1.82) is 0 Å². The molecule has 0 aliphatic heterocycles. The van der Waals surface area contributed by atoms with Crippen molar-refractivity contribution in [3.8, 4) is 69.0 Å². The van der Waals surface area contributed by atoms with E-state index in [1.165, 1.54) is 33.4 Å². The van der Waals surface area contributed by atoms with Crippen molar-refractivity contribution in [2.45, 2.75) is 156 Å². The van der Waals surface area contributed by atoms with Crippen LogP contribution in [0.3, 0.4) is 0 Å². The molecule has 24 rings (SSSR count). The molecule has 12 aliphatic carbocycles. The summed E-state index contributed by atoms with van der Waals surface area (Å²) in [5.74, 6) is 7.76. The van der Waals surface area contributed by atoms with Crippen LogP contribution in [0.15, 0.2) is 109 Å². The monoisotopic (exact) mass is 1550 g/mol. The molecule has 0 N–H and O–H groups in total. The Hall–Kier alpha value is -11.4. The van der Waals surface area contributed by atoms with E-state index in [4.69, 9.17) is 86.7 Å². The highest BCUT2D eigenvalue weighted by Crippen LogP contribution is 2.83. The maximum atomic E-state index is 6.23. The van der Waals surface area contributed by atoms with E-state index >= 15 is 0 Å². The molecule has 12 aromatic rings. The molecular weight excluding hydrogens is 1450 g/mol. The molecule has 0 amide bonds. The van der Waals surface area contributed by atoms with Crippen LogP contribution in [0.2, 0.25) is 0 Å². The van der Waals surface area contributed by atoms with Crippen molar-refractivity contribution in [3.63, 3.8) is 0 Å². The fraction of sp³-hybridized carbons (Fsp3) is 0.388. The number of benzene rings is 9. The topological polar surface area (TPSA) is 188 Å². The van der Waals surface area contributed by atoms with Crippen LogP contribution in [0.5, 0.6) is 69.0 Å². The van der Waals surface area contributed by atoms with E-state index in [1.807, 2.05) is 0 Å². The molecule has 0 radical (unpaired) electrons. The molecule has 3 heterocycles. The molecule has 3 aromatic heterocycles. The smallest absolute Gasteiger partial charge is 0.161 e. The lowest BCUT2D eigenvalue weighted by atomic mass is 9.48. The van der Waals surface area contributed by atoms with Crippen LogP contribution in [0.4, 0.5) is 0 Å². The summed E-state index contributed by atoms with van der Waals surface area (Å²) >= 11 is 0. The second-order valence-electron chi connectivity index (χ2n) is 34.0. The third-order valence-corrected chi connectivity index (χ3v) is 31.9. The standard InChI is InChI=1S/C98H96N6O12/c1-23-93-53-35-71(105-11)73(107-13)37-55(53)94(24-2,56-38-74(108-14)72(106-12)36-54(56)93)84-83(93)99-65-29-47-48(30-66(65)100-84)90(8)51-33-69-70(104-88-87(103-69)97(27-5)61-43-79(113-19)81(115-21)45-63(61)98(88,28-6)64-46-82(116-22)80(114-20)44-62(64)97)34-52(51)91(9)50-32-68-67(31-49(50)89(47,7)92(90,91)10)101-85-86(102-68)96(26-4)59-41-77(111-17)75(109-15)39-57(59)95(85,25-3)58-40-76(110-16)78(112-18)42-60(58)96/h29-46H,23-28H2,1-22H3. The van der Waals surface area contributed by atoms with Crippen molar-refractivity contribution >= 4 is 33.1 Å². The number of fused-ring (bicyclic) bond motifs is 12. The third kappa shape index (κ3) is 7.27. The lowest BCUT2D eigenvalue weighted by molar-refractivity contribution is 0.0998. The number of ether oxygens (including phenoxy) is 12. The molecule has 12 aliphatic rings. The van der Waals surface area contributed by atoms with E-state index in [0.717, 1.165) is 134 Å². The molecule has 0 spiro atoms. The van der Waals surface area contributed by atoms with Gasteiger partial charge in [-0.15, -0.1) is 0 Å². The van der Waals surface area contributed by atoms with Crippen molar-refractivity contribution < 1.29 is 56.8 Å². The number of rotatable bonds is 18. The van der Waals surface area contributed by atoms with Crippen LogP contribution in [0, 0.1) is 5.41 Å². The molecule has 9 aromatic carbocycles. The fourth-order valence-electron chi connectivity index (χ4n) is 26.3. The van der Waals surface area contributed by atoms with Gasteiger partial charge in [0.25, 0.3) is 0 Å². The van der Waals surface area contributed by atoms with Gasteiger partial charge < -0.3 is 56.8 Å². The van der Waals surface area contributed by atoms with E-state index < -0.39 is 54.1 Å². The summed E-state index contributed by atoms with van der Waals surface area (Å²) in [6, 6.07) is 40.9. The molecule has 18 heteroatoms. The van der Waals surface area contributed by atoms with Crippen molar-refractivity contribution in [1.82, 2.24) is 29.9 Å². The molecule has 0 saturated carbocycles. The largest absolute Gasteiger partial charge is 0.493 e. The first-order valence-corrected chi connectivity index (χ1v) is 40.8. The predicted octanol–water partition coefficient (Wildman–Crippen LogP) is 18.2. The van der Waals surface area contributed by atoms with Gasteiger partial charge in [-0.05, 0) is 248 Å². The highest BCUT2D eigenvalue weighted by atomic mass is 16.5. The normalized spacial score (nSPS) is 26.7. The average molecular weight is 1550 g/mol.